The van der Waals surface area contributed by atoms with Gasteiger partial charge in [-0.3, -0.25) is 10.1 Å². The van der Waals surface area contributed by atoms with E-state index in [-0.39, 0.29) is 18.5 Å². The first-order valence-corrected chi connectivity index (χ1v) is 8.36. The van der Waals surface area contributed by atoms with Crippen LogP contribution in [0.4, 0.5) is 0 Å². The van der Waals surface area contributed by atoms with E-state index in [4.69, 9.17) is 4.42 Å². The number of carbonyl (C=O) groups is 1. The molecule has 2 aromatic carbocycles. The first kappa shape index (κ1) is 17.0. The Morgan fingerprint density at radius 3 is 2.36 bits per heavy atom. The highest BCUT2D eigenvalue weighted by Crippen LogP contribution is 2.22. The third kappa shape index (κ3) is 4.81. The van der Waals surface area contributed by atoms with Gasteiger partial charge in [-0.1, -0.05) is 60.2 Å². The van der Waals surface area contributed by atoms with Gasteiger partial charge in [0.15, 0.2) is 0 Å². The van der Waals surface area contributed by atoms with Gasteiger partial charge in [0.25, 0.3) is 0 Å². The summed E-state index contributed by atoms with van der Waals surface area (Å²) >= 11 is 0. The van der Waals surface area contributed by atoms with Crippen molar-refractivity contribution in [3.8, 4) is 0 Å². The molecule has 1 heterocycles. The number of aryl methyl sites for hydroxylation is 1. The van der Waals surface area contributed by atoms with Gasteiger partial charge in [0.2, 0.25) is 5.91 Å². The quantitative estimate of drug-likeness (QED) is 0.694. The zero-order chi connectivity index (χ0) is 17.5. The van der Waals surface area contributed by atoms with Crippen molar-refractivity contribution in [1.82, 2.24) is 10.6 Å². The van der Waals surface area contributed by atoms with Gasteiger partial charge in [-0.15, -0.1) is 0 Å². The number of hydrogen-bond donors (Lipinski definition) is 2. The zero-order valence-electron chi connectivity index (χ0n) is 14.2. The normalized spacial score (nSPS) is 11.9. The van der Waals surface area contributed by atoms with E-state index < -0.39 is 0 Å². The van der Waals surface area contributed by atoms with Gasteiger partial charge in [-0.05, 0) is 30.2 Å². The Hall–Kier alpha value is -2.85. The van der Waals surface area contributed by atoms with Crippen LogP contribution >= 0.6 is 0 Å². The lowest BCUT2D eigenvalue weighted by atomic mass is 9.98. The predicted octanol–water partition coefficient (Wildman–Crippen LogP) is 3.58. The molecule has 3 rings (SSSR count). The molecule has 0 aliphatic heterocycles. The lowest BCUT2D eigenvalue weighted by Crippen LogP contribution is -2.35. The summed E-state index contributed by atoms with van der Waals surface area (Å²) in [7, 11) is 0. The molecule has 25 heavy (non-hydrogen) atoms. The molecule has 0 radical (unpaired) electrons. The topological polar surface area (TPSA) is 54.3 Å². The van der Waals surface area contributed by atoms with E-state index >= 15 is 0 Å². The van der Waals surface area contributed by atoms with E-state index in [9.17, 15) is 4.79 Å². The van der Waals surface area contributed by atoms with E-state index in [1.54, 1.807) is 6.26 Å². The SMILES string of the molecule is Cc1ccc([C@@H](NCC(=O)NCc2ccco2)c2ccccc2)cc1. The number of amides is 1. The molecule has 1 atom stereocenters. The van der Waals surface area contributed by atoms with Crippen molar-refractivity contribution in [2.75, 3.05) is 6.54 Å². The molecule has 4 heteroatoms. The van der Waals surface area contributed by atoms with Crippen LogP contribution in [0.25, 0.3) is 0 Å². The van der Waals surface area contributed by atoms with Crippen molar-refractivity contribution in [1.29, 1.82) is 0 Å². The molecule has 0 aliphatic rings. The van der Waals surface area contributed by atoms with Gasteiger partial charge in [-0.25, -0.2) is 0 Å². The van der Waals surface area contributed by atoms with E-state index in [0.29, 0.717) is 6.54 Å². The highest BCUT2D eigenvalue weighted by molar-refractivity contribution is 5.78. The molecule has 1 amide bonds. The first-order valence-electron chi connectivity index (χ1n) is 8.36. The summed E-state index contributed by atoms with van der Waals surface area (Å²) in [5.41, 5.74) is 3.48. The molecule has 1 aromatic heterocycles. The zero-order valence-corrected chi connectivity index (χ0v) is 14.2. The molecule has 0 aliphatic carbocycles. The van der Waals surface area contributed by atoms with Crippen molar-refractivity contribution >= 4 is 5.91 Å². The van der Waals surface area contributed by atoms with Crippen LogP contribution in [0.1, 0.15) is 28.5 Å². The summed E-state index contributed by atoms with van der Waals surface area (Å²) in [5, 5.41) is 6.22. The summed E-state index contributed by atoms with van der Waals surface area (Å²) < 4.78 is 5.22. The molecule has 0 spiro atoms. The van der Waals surface area contributed by atoms with Gasteiger partial charge >= 0.3 is 0 Å². The molecule has 0 saturated carbocycles. The van der Waals surface area contributed by atoms with Crippen LogP contribution in [0.3, 0.4) is 0 Å². The van der Waals surface area contributed by atoms with Crippen LogP contribution in [0.5, 0.6) is 0 Å². The van der Waals surface area contributed by atoms with Crippen molar-refractivity contribution in [3.63, 3.8) is 0 Å². The number of furan rings is 1. The van der Waals surface area contributed by atoms with Crippen LogP contribution in [-0.2, 0) is 11.3 Å². The van der Waals surface area contributed by atoms with E-state index in [2.05, 4.69) is 54.0 Å². The number of carbonyl (C=O) groups excluding carboxylic acids is 1. The second kappa shape index (κ2) is 8.31. The second-order valence-electron chi connectivity index (χ2n) is 5.99. The summed E-state index contributed by atoms with van der Waals surface area (Å²) in [4.78, 5) is 12.1. The molecular weight excluding hydrogens is 312 g/mol. The van der Waals surface area contributed by atoms with Gasteiger partial charge in [-0.2, -0.15) is 0 Å². The minimum Gasteiger partial charge on any atom is -0.467 e. The van der Waals surface area contributed by atoms with Crippen molar-refractivity contribution in [2.45, 2.75) is 19.5 Å². The molecule has 128 valence electrons. The molecule has 4 nitrogen and oxygen atoms in total. The van der Waals surface area contributed by atoms with Crippen LogP contribution in [0.2, 0.25) is 0 Å². The summed E-state index contributed by atoms with van der Waals surface area (Å²) in [6.07, 6.45) is 1.60. The maximum atomic E-state index is 12.1. The Morgan fingerprint density at radius 2 is 1.68 bits per heavy atom. The largest absolute Gasteiger partial charge is 0.467 e. The average Bonchev–Trinajstić information content (AvgIpc) is 3.16. The third-order valence-electron chi connectivity index (χ3n) is 4.05. The Balaban J connectivity index is 1.65. The van der Waals surface area contributed by atoms with E-state index in [0.717, 1.165) is 16.9 Å². The van der Waals surface area contributed by atoms with Gasteiger partial charge in [0, 0.05) is 0 Å². The molecular formula is C21H22N2O2. The summed E-state index contributed by atoms with van der Waals surface area (Å²) in [6, 6.07) is 22.1. The molecule has 2 N–H and O–H groups in total. The molecule has 0 unspecified atom stereocenters. The molecule has 0 bridgehead atoms. The van der Waals surface area contributed by atoms with Crippen LogP contribution < -0.4 is 10.6 Å². The van der Waals surface area contributed by atoms with Crippen molar-refractivity contribution in [3.05, 3.63) is 95.4 Å². The fourth-order valence-electron chi connectivity index (χ4n) is 2.69. The maximum absolute atomic E-state index is 12.1. The minimum absolute atomic E-state index is 0.0313. The monoisotopic (exact) mass is 334 g/mol. The fraction of sp³-hybridized carbons (Fsp3) is 0.190. The van der Waals surface area contributed by atoms with Crippen molar-refractivity contribution < 1.29 is 9.21 Å². The number of rotatable bonds is 7. The number of hydrogen-bond acceptors (Lipinski definition) is 3. The Bertz CT molecular complexity index is 781. The molecule has 3 aromatic rings. The van der Waals surface area contributed by atoms with Crippen molar-refractivity contribution in [2.24, 2.45) is 0 Å². The van der Waals surface area contributed by atoms with Crippen LogP contribution in [0, 0.1) is 6.92 Å². The minimum atomic E-state index is -0.0653. The lowest BCUT2D eigenvalue weighted by Gasteiger charge is -2.20. The Kier molecular flexibility index (Phi) is 5.65. The highest BCUT2D eigenvalue weighted by Gasteiger charge is 2.15. The van der Waals surface area contributed by atoms with Crippen LogP contribution in [-0.4, -0.2) is 12.5 Å². The maximum Gasteiger partial charge on any atom is 0.234 e. The molecule has 0 saturated heterocycles. The second-order valence-corrected chi connectivity index (χ2v) is 5.99. The summed E-state index contributed by atoms with van der Waals surface area (Å²) in [5.74, 6) is 0.677. The van der Waals surface area contributed by atoms with Gasteiger partial charge < -0.3 is 9.73 Å². The van der Waals surface area contributed by atoms with Gasteiger partial charge in [0.05, 0.1) is 25.4 Å². The van der Waals surface area contributed by atoms with Gasteiger partial charge in [0.1, 0.15) is 5.76 Å². The first-order chi connectivity index (χ1) is 12.2. The third-order valence-corrected chi connectivity index (χ3v) is 4.05. The standard InChI is InChI=1S/C21H22N2O2/c1-16-9-11-18(12-10-16)21(17-6-3-2-4-7-17)23-15-20(24)22-14-19-8-5-13-25-19/h2-13,21,23H,14-15H2,1H3,(H,22,24)/t21-/m0/s1. The average molecular weight is 334 g/mol. The van der Waals surface area contributed by atoms with Crippen LogP contribution in [0.15, 0.2) is 77.4 Å². The summed E-state index contributed by atoms with van der Waals surface area (Å²) in [6.45, 7) is 2.69. The van der Waals surface area contributed by atoms with E-state index in [1.165, 1.54) is 5.56 Å². The smallest absolute Gasteiger partial charge is 0.234 e. The fourth-order valence-corrected chi connectivity index (χ4v) is 2.69. The highest BCUT2D eigenvalue weighted by atomic mass is 16.3. The lowest BCUT2D eigenvalue weighted by molar-refractivity contribution is -0.120. The Morgan fingerprint density at radius 1 is 0.960 bits per heavy atom. The predicted molar refractivity (Wildman–Crippen MR) is 98.0 cm³/mol. The number of benzene rings is 2. The Labute approximate surface area is 147 Å². The van der Waals surface area contributed by atoms with E-state index in [1.807, 2.05) is 30.3 Å². The number of nitrogens with one attached hydrogen (secondary N) is 2. The molecule has 0 fully saturated rings.